The van der Waals surface area contributed by atoms with E-state index in [2.05, 4.69) is 10.3 Å². The van der Waals surface area contributed by atoms with Gasteiger partial charge in [0.15, 0.2) is 0 Å². The Morgan fingerprint density at radius 3 is 2.03 bits per heavy atom. The Kier molecular flexibility index (Phi) is 5.21. The number of benzene rings is 2. The lowest BCUT2D eigenvalue weighted by Gasteiger charge is -2.20. The number of nitrogens with zero attached hydrogens (tertiary/aromatic N) is 1. The molecule has 4 rings (SSSR count). The largest absolute Gasteiger partial charge is 0.358 e. The van der Waals surface area contributed by atoms with Gasteiger partial charge in [-0.15, -0.1) is 0 Å². The third-order valence-corrected chi connectivity index (χ3v) is 7.94. The molecule has 2 aromatic rings. The van der Waals surface area contributed by atoms with Gasteiger partial charge in [-0.25, -0.2) is 0 Å². The van der Waals surface area contributed by atoms with Crippen molar-refractivity contribution in [2.45, 2.75) is 48.3 Å². The molecule has 10 heteroatoms. The Morgan fingerprint density at radius 2 is 1.42 bits per heavy atom. The molecule has 0 atom stereocenters. The van der Waals surface area contributed by atoms with Crippen LogP contribution in [0.5, 0.6) is 0 Å². The summed E-state index contributed by atoms with van der Waals surface area (Å²) in [5.41, 5.74) is 3.32. The lowest BCUT2D eigenvalue weighted by atomic mass is 9.81. The fourth-order valence-corrected chi connectivity index (χ4v) is 5.18. The molecule has 2 heterocycles. The predicted molar refractivity (Wildman–Crippen MR) is 126 cm³/mol. The Morgan fingerprint density at radius 1 is 0.848 bits per heavy atom. The van der Waals surface area contributed by atoms with E-state index in [0.717, 1.165) is 22.7 Å². The van der Waals surface area contributed by atoms with E-state index in [-0.39, 0.29) is 9.79 Å². The van der Waals surface area contributed by atoms with Gasteiger partial charge in [0.05, 0.1) is 20.2 Å². The number of aliphatic imine (C=N–C) groups is 1. The lowest BCUT2D eigenvalue weighted by Crippen LogP contribution is -2.25. The van der Waals surface area contributed by atoms with Crippen molar-refractivity contribution in [3.8, 4) is 0 Å². The summed E-state index contributed by atoms with van der Waals surface area (Å²) in [6.45, 7) is 7.74. The summed E-state index contributed by atoms with van der Waals surface area (Å²) < 4.78 is 64.8. The first-order chi connectivity index (χ1) is 15.1. The van der Waals surface area contributed by atoms with Gasteiger partial charge < -0.3 is 5.32 Å². The Hall–Kier alpha value is -2.79. The van der Waals surface area contributed by atoms with Gasteiger partial charge in [0.2, 0.25) is 0 Å². The molecule has 0 spiro atoms. The highest BCUT2D eigenvalue weighted by atomic mass is 32.2. The molecule has 1 radical (unpaired) electrons. The van der Waals surface area contributed by atoms with E-state index >= 15 is 0 Å². The zero-order valence-corrected chi connectivity index (χ0v) is 20.1. The molecule has 0 aliphatic carbocycles. The van der Waals surface area contributed by atoms with E-state index < -0.39 is 31.1 Å². The first kappa shape index (κ1) is 23.4. The molecule has 2 aliphatic rings. The van der Waals surface area contributed by atoms with Gasteiger partial charge in [-0.05, 0) is 55.8 Å². The average Bonchev–Trinajstić information content (AvgIpc) is 3.10. The van der Waals surface area contributed by atoms with Crippen LogP contribution in [-0.2, 0) is 31.1 Å². The topological polar surface area (TPSA) is 135 Å². The lowest BCUT2D eigenvalue weighted by molar-refractivity contribution is 0.480. The van der Waals surface area contributed by atoms with Crippen LogP contribution in [0.15, 0.2) is 70.1 Å². The van der Waals surface area contributed by atoms with Crippen LogP contribution in [0.1, 0.15) is 38.8 Å². The van der Waals surface area contributed by atoms with Crippen molar-refractivity contribution in [2.24, 2.45) is 0 Å². The molecule has 0 bridgehead atoms. The quantitative estimate of drug-likeness (QED) is 0.558. The van der Waals surface area contributed by atoms with Crippen molar-refractivity contribution in [3.63, 3.8) is 0 Å². The van der Waals surface area contributed by atoms with Crippen molar-refractivity contribution in [1.82, 2.24) is 4.99 Å². The fourth-order valence-electron chi connectivity index (χ4n) is 4.17. The molecular formula is C23H24N2O6S2+. The Bertz CT molecular complexity index is 1480. The fraction of sp³-hybridized carbons (Fsp3) is 0.261. The predicted octanol–water partition coefficient (Wildman–Crippen LogP) is 3.72. The minimum Gasteiger partial charge on any atom is -0.358 e. The second-order valence-electron chi connectivity index (χ2n) is 9.15. The molecule has 0 saturated heterocycles. The van der Waals surface area contributed by atoms with Crippen LogP contribution in [0.4, 0.5) is 11.4 Å². The van der Waals surface area contributed by atoms with Crippen molar-refractivity contribution in [3.05, 3.63) is 71.5 Å². The number of nitrogens with one attached hydrogen (secondary N) is 1. The minimum atomic E-state index is -4.31. The molecule has 33 heavy (non-hydrogen) atoms. The summed E-state index contributed by atoms with van der Waals surface area (Å²) in [6, 6.07) is 8.78. The molecule has 0 aromatic heterocycles. The van der Waals surface area contributed by atoms with Crippen molar-refractivity contribution in [2.75, 3.05) is 5.32 Å². The highest BCUT2D eigenvalue weighted by Gasteiger charge is 2.44. The summed E-state index contributed by atoms with van der Waals surface area (Å²) in [7, 11) is -8.61. The van der Waals surface area contributed by atoms with E-state index in [1.54, 1.807) is 12.1 Å². The van der Waals surface area contributed by atoms with Crippen LogP contribution < -0.4 is 10.3 Å². The summed E-state index contributed by atoms with van der Waals surface area (Å²) in [5, 5.41) is 3.29. The van der Waals surface area contributed by atoms with Crippen LogP contribution in [0.3, 0.4) is 0 Å². The summed E-state index contributed by atoms with van der Waals surface area (Å²) in [6.07, 6.45) is 5.54. The number of hydrogen-bond acceptors (Lipinski definition) is 6. The van der Waals surface area contributed by atoms with Crippen molar-refractivity contribution < 1.29 is 25.9 Å². The Balaban J connectivity index is 1.63. The van der Waals surface area contributed by atoms with Gasteiger partial charge >= 0.3 is 0 Å². The van der Waals surface area contributed by atoms with Gasteiger partial charge in [-0.2, -0.15) is 16.8 Å². The van der Waals surface area contributed by atoms with Crippen LogP contribution in [0, 0.1) is 0 Å². The minimum absolute atomic E-state index is 0.156. The third kappa shape index (κ3) is 4.04. The molecule has 2 aromatic carbocycles. The van der Waals surface area contributed by atoms with Gasteiger partial charge in [-0.1, -0.05) is 19.9 Å². The first-order valence-corrected chi connectivity index (χ1v) is 13.0. The Labute approximate surface area is 193 Å². The normalized spacial score (nSPS) is 19.9. The number of hydrogen-bond donors (Lipinski definition) is 3. The van der Waals surface area contributed by atoms with Crippen molar-refractivity contribution >= 4 is 37.3 Å². The van der Waals surface area contributed by atoms with E-state index in [4.69, 9.17) is 0 Å². The van der Waals surface area contributed by atoms with E-state index in [9.17, 15) is 25.9 Å². The SMILES string of the molecule is CC1(C)C(C=CC=C2Nc3ccc(S(=O)(=O)O)cc3C2(C)C)=[N+]c2ccc(S(=O)(=O)O)cc21. The van der Waals surface area contributed by atoms with Crippen LogP contribution in [0.2, 0.25) is 0 Å². The van der Waals surface area contributed by atoms with Crippen LogP contribution in [-0.4, -0.2) is 31.7 Å². The van der Waals surface area contributed by atoms with Gasteiger partial charge in [0.1, 0.15) is 0 Å². The molecule has 173 valence electrons. The second kappa shape index (κ2) is 7.36. The third-order valence-electron chi connectivity index (χ3n) is 6.24. The summed E-state index contributed by atoms with van der Waals surface area (Å²) >= 11 is 0. The van der Waals surface area contributed by atoms with Crippen LogP contribution in [0.25, 0.3) is 0 Å². The highest BCUT2D eigenvalue weighted by Crippen LogP contribution is 2.44. The van der Waals surface area contributed by atoms with E-state index in [1.807, 2.05) is 45.9 Å². The summed E-state index contributed by atoms with van der Waals surface area (Å²) in [4.78, 5) is 4.29. The second-order valence-corrected chi connectivity index (χ2v) is 12.0. The monoisotopic (exact) mass is 488 g/mol. The number of fused-ring (bicyclic) bond motifs is 2. The smallest absolute Gasteiger partial charge is 0.294 e. The maximum atomic E-state index is 11.5. The standard InChI is InChI=1S/C23H24N2O6S2/c1-22(2)16-12-14(32(26,27)28)8-10-18(16)24-20(22)6-5-7-21-23(3,4)17-13-15(33(29,30)31)9-11-19(17)25-21/h5-13,24H,1-4H3,(H,26,27,28)(H,29,30,31)/q+1. The molecule has 2 aliphatic heterocycles. The number of allylic oxidation sites excluding steroid dienone is 4. The number of rotatable bonds is 4. The molecule has 3 N–H and O–H groups in total. The summed E-state index contributed by atoms with van der Waals surface area (Å²) in [5.74, 6) is 0. The van der Waals surface area contributed by atoms with Gasteiger partial charge in [-0.3, -0.25) is 9.11 Å². The van der Waals surface area contributed by atoms with Crippen molar-refractivity contribution in [1.29, 1.82) is 0 Å². The molecule has 0 saturated carbocycles. The highest BCUT2D eigenvalue weighted by molar-refractivity contribution is 7.86. The molecule has 0 fully saturated rings. The molecule has 0 unspecified atom stereocenters. The zero-order chi connectivity index (χ0) is 24.4. The average molecular weight is 489 g/mol. The van der Waals surface area contributed by atoms with E-state index in [1.165, 1.54) is 24.3 Å². The van der Waals surface area contributed by atoms with E-state index in [0.29, 0.717) is 11.3 Å². The molecular weight excluding hydrogens is 464 g/mol. The van der Waals surface area contributed by atoms with Gasteiger partial charge in [0, 0.05) is 34.5 Å². The molecule has 8 nitrogen and oxygen atoms in total. The first-order valence-electron chi connectivity index (χ1n) is 10.1. The maximum absolute atomic E-state index is 11.5. The zero-order valence-electron chi connectivity index (χ0n) is 18.5. The number of anilines is 1. The molecule has 0 amide bonds. The van der Waals surface area contributed by atoms with Gasteiger partial charge in [0.25, 0.3) is 31.6 Å². The van der Waals surface area contributed by atoms with Crippen LogP contribution >= 0.6 is 0 Å². The maximum Gasteiger partial charge on any atom is 0.294 e.